The molecule has 1 unspecified atom stereocenters. The highest BCUT2D eigenvalue weighted by molar-refractivity contribution is 7.85. The van der Waals surface area contributed by atoms with Gasteiger partial charge < -0.3 is 10.1 Å². The SMILES string of the molecule is CCCNCC(COC)N1CCS(=O)CC1. The second kappa shape index (κ2) is 8.17. The van der Waals surface area contributed by atoms with Crippen molar-refractivity contribution < 1.29 is 8.95 Å². The molecule has 4 nitrogen and oxygen atoms in total. The fraction of sp³-hybridized carbons (Fsp3) is 1.00. The normalized spacial score (nSPS) is 21.1. The number of methoxy groups -OCH3 is 1. The van der Waals surface area contributed by atoms with Crippen LogP contribution in [-0.4, -0.2) is 66.6 Å². The standard InChI is InChI=1S/C11H24N2O2S/c1-3-4-12-9-11(10-15-2)13-5-7-16(14)8-6-13/h11-12H,3-10H2,1-2H3. The molecule has 1 saturated heterocycles. The number of rotatable bonds is 7. The second-order valence-corrected chi connectivity index (χ2v) is 5.89. The summed E-state index contributed by atoms with van der Waals surface area (Å²) in [4.78, 5) is 2.40. The van der Waals surface area contributed by atoms with Gasteiger partial charge in [0.2, 0.25) is 0 Å². The molecule has 1 atom stereocenters. The predicted octanol–water partition coefficient (Wildman–Crippen LogP) is 0.0653. The molecule has 0 saturated carbocycles. The Morgan fingerprint density at radius 2 is 2.12 bits per heavy atom. The van der Waals surface area contributed by atoms with E-state index in [1.54, 1.807) is 7.11 Å². The lowest BCUT2D eigenvalue weighted by Crippen LogP contribution is -2.50. The molecule has 0 aromatic carbocycles. The van der Waals surface area contributed by atoms with Gasteiger partial charge in [0, 0.05) is 55.1 Å². The van der Waals surface area contributed by atoms with Gasteiger partial charge in [0.25, 0.3) is 0 Å². The Morgan fingerprint density at radius 3 is 2.69 bits per heavy atom. The highest BCUT2D eigenvalue weighted by atomic mass is 32.2. The molecular weight excluding hydrogens is 224 g/mol. The molecule has 0 bridgehead atoms. The first-order valence-corrected chi connectivity index (χ1v) is 7.55. The molecule has 0 aromatic heterocycles. The molecule has 0 aliphatic carbocycles. The Bertz CT molecular complexity index is 204. The van der Waals surface area contributed by atoms with Gasteiger partial charge in [-0.15, -0.1) is 0 Å². The maximum absolute atomic E-state index is 11.3. The molecular formula is C11H24N2O2S. The number of ether oxygens (including phenoxy) is 1. The minimum Gasteiger partial charge on any atom is -0.383 e. The van der Waals surface area contributed by atoms with E-state index in [-0.39, 0.29) is 0 Å². The third-order valence-electron chi connectivity index (χ3n) is 2.89. The zero-order valence-electron chi connectivity index (χ0n) is 10.4. The van der Waals surface area contributed by atoms with E-state index in [1.165, 1.54) is 0 Å². The summed E-state index contributed by atoms with van der Waals surface area (Å²) in [7, 11) is 1.15. The molecule has 96 valence electrons. The third-order valence-corrected chi connectivity index (χ3v) is 4.17. The van der Waals surface area contributed by atoms with E-state index in [0.717, 1.165) is 50.7 Å². The van der Waals surface area contributed by atoms with Gasteiger partial charge in [0.05, 0.1) is 6.61 Å². The van der Waals surface area contributed by atoms with E-state index in [9.17, 15) is 4.21 Å². The van der Waals surface area contributed by atoms with Crippen molar-refractivity contribution in [3.63, 3.8) is 0 Å². The van der Waals surface area contributed by atoms with Crippen LogP contribution in [0, 0.1) is 0 Å². The molecule has 0 radical (unpaired) electrons. The summed E-state index contributed by atoms with van der Waals surface area (Å²) >= 11 is 0. The zero-order chi connectivity index (χ0) is 11.8. The smallest absolute Gasteiger partial charge is 0.0630 e. The monoisotopic (exact) mass is 248 g/mol. The summed E-state index contributed by atoms with van der Waals surface area (Å²) in [5.41, 5.74) is 0. The van der Waals surface area contributed by atoms with Gasteiger partial charge in [0.15, 0.2) is 0 Å². The molecule has 0 amide bonds. The molecule has 1 rings (SSSR count). The lowest BCUT2D eigenvalue weighted by atomic mass is 10.2. The summed E-state index contributed by atoms with van der Waals surface area (Å²) in [6, 6.07) is 0.425. The van der Waals surface area contributed by atoms with Crippen LogP contribution in [0.3, 0.4) is 0 Å². The Hall–Kier alpha value is 0.0300. The summed E-state index contributed by atoms with van der Waals surface area (Å²) in [5, 5.41) is 3.43. The molecule has 0 aromatic rings. The van der Waals surface area contributed by atoms with Gasteiger partial charge in [-0.3, -0.25) is 9.11 Å². The van der Waals surface area contributed by atoms with Crippen molar-refractivity contribution in [2.75, 3.05) is 51.4 Å². The fourth-order valence-corrected chi connectivity index (χ4v) is 3.03. The minimum absolute atomic E-state index is 0.425. The first-order chi connectivity index (χ1) is 7.77. The van der Waals surface area contributed by atoms with E-state index in [4.69, 9.17) is 4.74 Å². The summed E-state index contributed by atoms with van der Waals surface area (Å²) in [5.74, 6) is 1.63. The number of hydrogen-bond donors (Lipinski definition) is 1. The van der Waals surface area contributed by atoms with Crippen LogP contribution in [0.25, 0.3) is 0 Å². The van der Waals surface area contributed by atoms with Crippen LogP contribution in [0.5, 0.6) is 0 Å². The number of nitrogens with zero attached hydrogens (tertiary/aromatic N) is 1. The Balaban J connectivity index is 2.33. The van der Waals surface area contributed by atoms with Crippen molar-refractivity contribution in [2.45, 2.75) is 19.4 Å². The van der Waals surface area contributed by atoms with Crippen molar-refractivity contribution in [3.8, 4) is 0 Å². The topological polar surface area (TPSA) is 41.6 Å². The molecule has 1 fully saturated rings. The van der Waals surface area contributed by atoms with E-state index in [2.05, 4.69) is 17.1 Å². The summed E-state index contributed by atoms with van der Waals surface area (Å²) in [6.07, 6.45) is 1.16. The fourth-order valence-electron chi connectivity index (χ4n) is 1.95. The van der Waals surface area contributed by atoms with Gasteiger partial charge in [-0.1, -0.05) is 6.92 Å². The van der Waals surface area contributed by atoms with Crippen LogP contribution in [0.15, 0.2) is 0 Å². The van der Waals surface area contributed by atoms with Crippen molar-refractivity contribution in [1.82, 2.24) is 10.2 Å². The van der Waals surface area contributed by atoms with Gasteiger partial charge in [0.1, 0.15) is 0 Å². The van der Waals surface area contributed by atoms with Crippen LogP contribution >= 0.6 is 0 Å². The first-order valence-electron chi connectivity index (χ1n) is 6.06. The Kier molecular flexibility index (Phi) is 7.20. The van der Waals surface area contributed by atoms with Gasteiger partial charge in [-0.25, -0.2) is 0 Å². The van der Waals surface area contributed by atoms with Crippen LogP contribution in [0.2, 0.25) is 0 Å². The first kappa shape index (κ1) is 14.1. The van der Waals surface area contributed by atoms with E-state index >= 15 is 0 Å². The minimum atomic E-state index is -0.592. The highest BCUT2D eigenvalue weighted by Gasteiger charge is 2.22. The average Bonchev–Trinajstić information content (AvgIpc) is 2.29. The third kappa shape index (κ3) is 4.91. The van der Waals surface area contributed by atoms with Gasteiger partial charge in [-0.2, -0.15) is 0 Å². The maximum atomic E-state index is 11.3. The van der Waals surface area contributed by atoms with Crippen molar-refractivity contribution in [2.24, 2.45) is 0 Å². The number of nitrogens with one attached hydrogen (secondary N) is 1. The lowest BCUT2D eigenvalue weighted by molar-refractivity contribution is 0.0951. The predicted molar refractivity (Wildman–Crippen MR) is 68.3 cm³/mol. The van der Waals surface area contributed by atoms with Crippen molar-refractivity contribution in [3.05, 3.63) is 0 Å². The largest absolute Gasteiger partial charge is 0.383 e. The second-order valence-electron chi connectivity index (χ2n) is 4.20. The Morgan fingerprint density at radius 1 is 1.44 bits per heavy atom. The molecule has 1 N–H and O–H groups in total. The number of hydrogen-bond acceptors (Lipinski definition) is 4. The van der Waals surface area contributed by atoms with Crippen LogP contribution < -0.4 is 5.32 Å². The van der Waals surface area contributed by atoms with Crippen LogP contribution in [0.1, 0.15) is 13.3 Å². The zero-order valence-corrected chi connectivity index (χ0v) is 11.2. The molecule has 0 spiro atoms. The molecule has 5 heteroatoms. The van der Waals surface area contributed by atoms with Crippen LogP contribution in [0.4, 0.5) is 0 Å². The van der Waals surface area contributed by atoms with Crippen molar-refractivity contribution in [1.29, 1.82) is 0 Å². The van der Waals surface area contributed by atoms with E-state index in [0.29, 0.717) is 6.04 Å². The molecule has 1 heterocycles. The maximum Gasteiger partial charge on any atom is 0.0630 e. The summed E-state index contributed by atoms with van der Waals surface area (Å²) in [6.45, 7) is 6.82. The quantitative estimate of drug-likeness (QED) is 0.647. The highest BCUT2D eigenvalue weighted by Crippen LogP contribution is 2.05. The lowest BCUT2D eigenvalue weighted by Gasteiger charge is -2.34. The van der Waals surface area contributed by atoms with E-state index in [1.807, 2.05) is 0 Å². The van der Waals surface area contributed by atoms with Gasteiger partial charge in [-0.05, 0) is 13.0 Å². The Labute approximate surface area is 101 Å². The van der Waals surface area contributed by atoms with E-state index < -0.39 is 10.8 Å². The van der Waals surface area contributed by atoms with Crippen LogP contribution in [-0.2, 0) is 15.5 Å². The molecule has 1 aliphatic heterocycles. The van der Waals surface area contributed by atoms with Crippen molar-refractivity contribution >= 4 is 10.8 Å². The molecule has 1 aliphatic rings. The van der Waals surface area contributed by atoms with Gasteiger partial charge >= 0.3 is 0 Å². The summed E-state index contributed by atoms with van der Waals surface area (Å²) < 4.78 is 16.5. The average molecular weight is 248 g/mol. The molecule has 16 heavy (non-hydrogen) atoms.